The minimum Gasteiger partial charge on any atom is -0.406 e. The summed E-state index contributed by atoms with van der Waals surface area (Å²) in [6, 6.07) is 14.5. The molecule has 0 atom stereocenters. The molecular formula is C20H12F3N5O2. The van der Waals surface area contributed by atoms with Gasteiger partial charge in [-0.15, -0.1) is 13.2 Å². The van der Waals surface area contributed by atoms with Crippen molar-refractivity contribution in [3.8, 4) is 22.8 Å². The minimum atomic E-state index is -4.77. The monoisotopic (exact) mass is 411 g/mol. The van der Waals surface area contributed by atoms with Crippen molar-refractivity contribution < 1.29 is 17.9 Å². The number of hydrogen-bond acceptors (Lipinski definition) is 4. The highest BCUT2D eigenvalue weighted by molar-refractivity contribution is 5.81. The van der Waals surface area contributed by atoms with Crippen LogP contribution in [0.3, 0.4) is 0 Å². The molecule has 0 spiro atoms. The van der Waals surface area contributed by atoms with Crippen LogP contribution < -0.4 is 10.4 Å². The van der Waals surface area contributed by atoms with Crippen LogP contribution >= 0.6 is 0 Å². The molecule has 150 valence electrons. The molecule has 2 aromatic carbocycles. The van der Waals surface area contributed by atoms with E-state index >= 15 is 0 Å². The molecule has 10 heteroatoms. The van der Waals surface area contributed by atoms with Gasteiger partial charge in [0, 0.05) is 17.8 Å². The number of aromatic amines is 2. The van der Waals surface area contributed by atoms with E-state index in [1.807, 2.05) is 0 Å². The Labute approximate surface area is 165 Å². The van der Waals surface area contributed by atoms with E-state index in [1.54, 1.807) is 42.6 Å². The van der Waals surface area contributed by atoms with Gasteiger partial charge in [0.05, 0.1) is 22.2 Å². The summed E-state index contributed by atoms with van der Waals surface area (Å²) < 4.78 is 42.7. The van der Waals surface area contributed by atoms with E-state index in [2.05, 4.69) is 24.7 Å². The maximum Gasteiger partial charge on any atom is 0.573 e. The van der Waals surface area contributed by atoms with Crippen molar-refractivity contribution >= 4 is 22.2 Å². The number of aromatic nitrogens is 5. The molecule has 3 aromatic heterocycles. The molecule has 0 amide bonds. The predicted molar refractivity (Wildman–Crippen MR) is 103 cm³/mol. The Morgan fingerprint density at radius 3 is 2.57 bits per heavy atom. The van der Waals surface area contributed by atoms with Crippen LogP contribution in [0.2, 0.25) is 0 Å². The lowest BCUT2D eigenvalue weighted by Crippen LogP contribution is -2.16. The molecule has 5 aromatic rings. The van der Waals surface area contributed by atoms with Crippen LogP contribution in [-0.2, 0) is 0 Å². The SMILES string of the molecule is O=c1[nH]c2ncccc2n1-c1ccc(-c2nc3cc(OC(F)(F)F)ccc3[nH]2)cc1. The summed E-state index contributed by atoms with van der Waals surface area (Å²) in [5, 5.41) is 0. The molecule has 0 aliphatic rings. The Balaban J connectivity index is 1.50. The third-order valence-electron chi connectivity index (χ3n) is 4.54. The molecule has 3 heterocycles. The van der Waals surface area contributed by atoms with Gasteiger partial charge in [-0.05, 0) is 48.5 Å². The second-order valence-corrected chi connectivity index (χ2v) is 6.50. The maximum absolute atomic E-state index is 12.4. The Morgan fingerprint density at radius 2 is 1.80 bits per heavy atom. The van der Waals surface area contributed by atoms with E-state index < -0.39 is 6.36 Å². The third-order valence-corrected chi connectivity index (χ3v) is 4.54. The van der Waals surface area contributed by atoms with Gasteiger partial charge in [0.15, 0.2) is 5.65 Å². The number of halogens is 3. The molecular weight excluding hydrogens is 399 g/mol. The normalized spacial score (nSPS) is 12.0. The van der Waals surface area contributed by atoms with E-state index in [-0.39, 0.29) is 11.4 Å². The summed E-state index contributed by atoms with van der Waals surface area (Å²) in [5.41, 5.74) is 3.09. The fourth-order valence-corrected chi connectivity index (χ4v) is 3.28. The molecule has 0 bridgehead atoms. The van der Waals surface area contributed by atoms with Gasteiger partial charge in [-0.3, -0.25) is 9.55 Å². The number of hydrogen-bond donors (Lipinski definition) is 2. The van der Waals surface area contributed by atoms with Crippen molar-refractivity contribution in [2.24, 2.45) is 0 Å². The van der Waals surface area contributed by atoms with Gasteiger partial charge in [0.2, 0.25) is 0 Å². The van der Waals surface area contributed by atoms with E-state index in [9.17, 15) is 18.0 Å². The maximum atomic E-state index is 12.4. The zero-order chi connectivity index (χ0) is 20.9. The van der Waals surface area contributed by atoms with Crippen LogP contribution in [-0.4, -0.2) is 30.9 Å². The Kier molecular flexibility index (Phi) is 3.88. The van der Waals surface area contributed by atoms with E-state index in [1.165, 1.54) is 22.8 Å². The minimum absolute atomic E-state index is 0.308. The molecule has 0 aliphatic heterocycles. The molecule has 0 radical (unpaired) electrons. The molecule has 0 aliphatic carbocycles. The number of rotatable bonds is 3. The lowest BCUT2D eigenvalue weighted by Gasteiger charge is -2.07. The zero-order valence-electron chi connectivity index (χ0n) is 15.1. The van der Waals surface area contributed by atoms with Gasteiger partial charge in [-0.2, -0.15) is 0 Å². The van der Waals surface area contributed by atoms with Crippen molar-refractivity contribution in [1.82, 2.24) is 24.5 Å². The molecule has 7 nitrogen and oxygen atoms in total. The van der Waals surface area contributed by atoms with Crippen LogP contribution in [0.4, 0.5) is 13.2 Å². The Bertz CT molecular complexity index is 1430. The van der Waals surface area contributed by atoms with Gasteiger partial charge in [-0.1, -0.05) is 0 Å². The number of pyridine rings is 1. The summed E-state index contributed by atoms with van der Waals surface area (Å²) >= 11 is 0. The van der Waals surface area contributed by atoms with Crippen molar-refractivity contribution in [1.29, 1.82) is 0 Å². The van der Waals surface area contributed by atoms with Gasteiger partial charge in [-0.25, -0.2) is 14.8 Å². The quantitative estimate of drug-likeness (QED) is 0.467. The second kappa shape index (κ2) is 6.48. The lowest BCUT2D eigenvalue weighted by molar-refractivity contribution is -0.274. The highest BCUT2D eigenvalue weighted by Crippen LogP contribution is 2.28. The largest absolute Gasteiger partial charge is 0.573 e. The highest BCUT2D eigenvalue weighted by atomic mass is 19.4. The number of imidazole rings is 2. The van der Waals surface area contributed by atoms with Crippen LogP contribution in [0, 0.1) is 0 Å². The summed E-state index contributed by atoms with van der Waals surface area (Å²) in [6.07, 6.45) is -3.17. The number of nitrogens with zero attached hydrogens (tertiary/aromatic N) is 3. The van der Waals surface area contributed by atoms with Crippen LogP contribution in [0.15, 0.2) is 65.6 Å². The average molecular weight is 411 g/mol. The summed E-state index contributed by atoms with van der Waals surface area (Å²) in [6.45, 7) is 0. The third kappa shape index (κ3) is 3.17. The first-order valence-electron chi connectivity index (χ1n) is 8.79. The first-order chi connectivity index (χ1) is 14.4. The predicted octanol–water partition coefficient (Wildman–Crippen LogP) is 4.16. The molecule has 2 N–H and O–H groups in total. The van der Waals surface area contributed by atoms with Crippen LogP contribution in [0.1, 0.15) is 0 Å². The number of benzene rings is 2. The Hall–Kier alpha value is -4.08. The topological polar surface area (TPSA) is 88.6 Å². The fraction of sp³-hybridized carbons (Fsp3) is 0.0500. The zero-order valence-corrected chi connectivity index (χ0v) is 15.1. The summed E-state index contributed by atoms with van der Waals surface area (Å²) in [7, 11) is 0. The standard InChI is InChI=1S/C20H12F3N5O2/c21-20(22,23)30-13-7-8-14-15(10-13)26-17(25-14)11-3-5-12(6-4-11)28-16-2-1-9-24-18(16)27-19(28)29/h1-10H,(H,25,26)(H,24,27,29). The molecule has 0 fully saturated rings. The van der Waals surface area contributed by atoms with Gasteiger partial charge >= 0.3 is 12.1 Å². The van der Waals surface area contributed by atoms with E-state index in [0.717, 1.165) is 0 Å². The fourth-order valence-electron chi connectivity index (χ4n) is 3.28. The van der Waals surface area contributed by atoms with Crippen LogP contribution in [0.5, 0.6) is 5.75 Å². The second-order valence-electron chi connectivity index (χ2n) is 6.50. The number of fused-ring (bicyclic) bond motifs is 2. The number of alkyl halides is 3. The molecule has 5 rings (SSSR count). The highest BCUT2D eigenvalue weighted by Gasteiger charge is 2.31. The average Bonchev–Trinajstić information content (AvgIpc) is 3.26. The van der Waals surface area contributed by atoms with Crippen LogP contribution in [0.25, 0.3) is 39.3 Å². The first-order valence-corrected chi connectivity index (χ1v) is 8.79. The number of nitrogens with one attached hydrogen (secondary N) is 2. The smallest absolute Gasteiger partial charge is 0.406 e. The van der Waals surface area contributed by atoms with Crippen molar-refractivity contribution in [3.63, 3.8) is 0 Å². The van der Waals surface area contributed by atoms with Gasteiger partial charge in [0.25, 0.3) is 0 Å². The summed E-state index contributed by atoms with van der Waals surface area (Å²) in [5.74, 6) is 0.143. The van der Waals surface area contributed by atoms with Gasteiger partial charge in [0.1, 0.15) is 11.6 Å². The number of ether oxygens (including phenoxy) is 1. The molecule has 30 heavy (non-hydrogen) atoms. The summed E-state index contributed by atoms with van der Waals surface area (Å²) in [4.78, 5) is 26.5. The molecule has 0 saturated carbocycles. The van der Waals surface area contributed by atoms with Crippen molar-refractivity contribution in [2.45, 2.75) is 6.36 Å². The van der Waals surface area contributed by atoms with E-state index in [0.29, 0.717) is 39.3 Å². The molecule has 0 unspecified atom stereocenters. The Morgan fingerprint density at radius 1 is 1.00 bits per heavy atom. The van der Waals surface area contributed by atoms with Crippen molar-refractivity contribution in [3.05, 3.63) is 71.3 Å². The van der Waals surface area contributed by atoms with E-state index in [4.69, 9.17) is 0 Å². The number of H-pyrrole nitrogens is 2. The molecule has 0 saturated heterocycles. The van der Waals surface area contributed by atoms with Gasteiger partial charge < -0.3 is 9.72 Å². The van der Waals surface area contributed by atoms with Crippen molar-refractivity contribution in [2.75, 3.05) is 0 Å². The lowest BCUT2D eigenvalue weighted by atomic mass is 10.2. The first kappa shape index (κ1) is 18.0.